The van der Waals surface area contributed by atoms with Crippen LogP contribution >= 0.6 is 23.2 Å². The average molecular weight is 408 g/mol. The van der Waals surface area contributed by atoms with Gasteiger partial charge in [0.25, 0.3) is 5.91 Å². The fourth-order valence-electron chi connectivity index (χ4n) is 2.94. The van der Waals surface area contributed by atoms with Crippen molar-refractivity contribution >= 4 is 29.1 Å². The summed E-state index contributed by atoms with van der Waals surface area (Å²) in [4.78, 5) is 18.4. The lowest BCUT2D eigenvalue weighted by atomic mass is 10.1. The van der Waals surface area contributed by atoms with Crippen molar-refractivity contribution in [3.8, 4) is 17.3 Å². The molecule has 4 rings (SSSR count). The number of pyridine rings is 1. The number of rotatable bonds is 2. The number of carbonyl (C=O) groups is 1. The Bertz CT molecular complexity index is 1060. The zero-order chi connectivity index (χ0) is 19.1. The fourth-order valence-corrected chi connectivity index (χ4v) is 3.39. The molecular weight excluding hydrogens is 396 g/mol. The highest BCUT2D eigenvalue weighted by molar-refractivity contribution is 6.37. The van der Waals surface area contributed by atoms with Crippen LogP contribution in [0.2, 0.25) is 10.0 Å². The fraction of sp³-hybridized carbons (Fsp3) is 0.176. The second-order valence-electron chi connectivity index (χ2n) is 5.91. The van der Waals surface area contributed by atoms with E-state index in [1.165, 1.54) is 23.1 Å². The molecule has 0 radical (unpaired) electrons. The second-order valence-corrected chi connectivity index (χ2v) is 6.70. The standard InChI is InChI=1S/C17H12Cl2FN5O2/c18-10-4-3-9(13(19)14(10)20)17(27)24-6-7-25-12(8-24)22-23-16(25)15-11(26)2-1-5-21-15/h1-5,26H,6-8H2. The van der Waals surface area contributed by atoms with Crippen LogP contribution in [0.3, 0.4) is 0 Å². The number of hydrogen-bond acceptors (Lipinski definition) is 5. The van der Waals surface area contributed by atoms with Crippen molar-refractivity contribution in [2.75, 3.05) is 6.54 Å². The van der Waals surface area contributed by atoms with Crippen molar-refractivity contribution in [1.82, 2.24) is 24.6 Å². The number of aromatic nitrogens is 4. The molecule has 0 atom stereocenters. The molecule has 1 N–H and O–H groups in total. The number of carbonyl (C=O) groups excluding carboxylic acids is 1. The van der Waals surface area contributed by atoms with Crippen LogP contribution in [0.1, 0.15) is 16.2 Å². The van der Waals surface area contributed by atoms with Gasteiger partial charge in [-0.25, -0.2) is 9.37 Å². The molecule has 0 fully saturated rings. The molecule has 0 bridgehead atoms. The molecule has 27 heavy (non-hydrogen) atoms. The maximum atomic E-state index is 13.9. The first kappa shape index (κ1) is 17.7. The van der Waals surface area contributed by atoms with E-state index in [0.717, 1.165) is 0 Å². The summed E-state index contributed by atoms with van der Waals surface area (Å²) in [7, 11) is 0. The summed E-state index contributed by atoms with van der Waals surface area (Å²) in [5.74, 6) is -0.301. The van der Waals surface area contributed by atoms with Crippen molar-refractivity contribution in [3.05, 3.63) is 57.7 Å². The summed E-state index contributed by atoms with van der Waals surface area (Å²) >= 11 is 11.6. The van der Waals surface area contributed by atoms with Gasteiger partial charge in [0, 0.05) is 19.3 Å². The quantitative estimate of drug-likeness (QED) is 0.659. The lowest BCUT2D eigenvalue weighted by molar-refractivity contribution is 0.0707. The number of benzene rings is 1. The Morgan fingerprint density at radius 1 is 1.19 bits per heavy atom. The van der Waals surface area contributed by atoms with E-state index in [-0.39, 0.29) is 27.9 Å². The Balaban J connectivity index is 1.63. The first-order valence-corrected chi connectivity index (χ1v) is 8.72. The minimum atomic E-state index is -0.822. The Hall–Kier alpha value is -2.71. The molecule has 2 aromatic heterocycles. The molecule has 1 aliphatic heterocycles. The van der Waals surface area contributed by atoms with E-state index < -0.39 is 11.7 Å². The minimum absolute atomic E-state index is 0.00497. The van der Waals surface area contributed by atoms with Gasteiger partial charge in [0.1, 0.15) is 11.4 Å². The molecule has 10 heteroatoms. The number of halogens is 3. The van der Waals surface area contributed by atoms with Crippen molar-refractivity contribution in [3.63, 3.8) is 0 Å². The molecule has 0 saturated carbocycles. The molecule has 138 valence electrons. The van der Waals surface area contributed by atoms with Crippen molar-refractivity contribution < 1.29 is 14.3 Å². The molecule has 3 aromatic rings. The van der Waals surface area contributed by atoms with Crippen LogP contribution in [0.4, 0.5) is 4.39 Å². The average Bonchev–Trinajstić information content (AvgIpc) is 3.09. The van der Waals surface area contributed by atoms with Crippen LogP contribution in [-0.2, 0) is 13.1 Å². The van der Waals surface area contributed by atoms with Gasteiger partial charge in [0.15, 0.2) is 17.5 Å². The number of hydrogen-bond donors (Lipinski definition) is 1. The SMILES string of the molecule is O=C(c1ccc(Cl)c(F)c1Cl)N1CCn2c(nnc2-c2ncccc2O)C1. The Morgan fingerprint density at radius 3 is 2.78 bits per heavy atom. The number of amides is 1. The highest BCUT2D eigenvalue weighted by Gasteiger charge is 2.28. The number of nitrogens with zero attached hydrogens (tertiary/aromatic N) is 5. The van der Waals surface area contributed by atoms with Gasteiger partial charge in [-0.15, -0.1) is 10.2 Å². The van der Waals surface area contributed by atoms with Gasteiger partial charge in [-0.1, -0.05) is 23.2 Å². The normalized spacial score (nSPS) is 13.5. The van der Waals surface area contributed by atoms with E-state index in [0.29, 0.717) is 30.4 Å². The maximum absolute atomic E-state index is 13.9. The zero-order valence-corrected chi connectivity index (χ0v) is 15.2. The van der Waals surface area contributed by atoms with Crippen molar-refractivity contribution in [1.29, 1.82) is 0 Å². The summed E-state index contributed by atoms with van der Waals surface area (Å²) in [6, 6.07) is 5.82. The van der Waals surface area contributed by atoms with Crippen LogP contribution in [0.25, 0.3) is 11.5 Å². The molecular formula is C17H12Cl2FN5O2. The summed E-state index contributed by atoms with van der Waals surface area (Å²) in [6.07, 6.45) is 1.55. The third-order valence-electron chi connectivity index (χ3n) is 4.30. The Morgan fingerprint density at radius 2 is 2.00 bits per heavy atom. The van der Waals surface area contributed by atoms with Crippen LogP contribution in [-0.4, -0.2) is 42.2 Å². The molecule has 1 amide bonds. The smallest absolute Gasteiger partial charge is 0.255 e. The summed E-state index contributed by atoms with van der Waals surface area (Å²) in [5.41, 5.74) is 0.355. The van der Waals surface area contributed by atoms with Crippen molar-refractivity contribution in [2.24, 2.45) is 0 Å². The highest BCUT2D eigenvalue weighted by Crippen LogP contribution is 2.30. The van der Waals surface area contributed by atoms with Gasteiger partial charge >= 0.3 is 0 Å². The predicted octanol–water partition coefficient (Wildman–Crippen LogP) is 3.15. The van der Waals surface area contributed by atoms with E-state index in [2.05, 4.69) is 15.2 Å². The Labute approximate surface area is 163 Å². The molecule has 3 heterocycles. The van der Waals surface area contributed by atoms with Crippen molar-refractivity contribution in [2.45, 2.75) is 13.1 Å². The van der Waals surface area contributed by atoms with Gasteiger partial charge in [-0.2, -0.15) is 0 Å². The predicted molar refractivity (Wildman–Crippen MR) is 96.1 cm³/mol. The highest BCUT2D eigenvalue weighted by atomic mass is 35.5. The Kier molecular flexibility index (Phi) is 4.45. The molecule has 1 aliphatic rings. The molecule has 1 aromatic carbocycles. The third kappa shape index (κ3) is 3.00. The first-order chi connectivity index (χ1) is 13.0. The lowest BCUT2D eigenvalue weighted by Crippen LogP contribution is -2.38. The maximum Gasteiger partial charge on any atom is 0.255 e. The van der Waals surface area contributed by atoms with Crippen LogP contribution < -0.4 is 0 Å². The summed E-state index contributed by atoms with van der Waals surface area (Å²) in [6.45, 7) is 0.901. The lowest BCUT2D eigenvalue weighted by Gasteiger charge is -2.28. The zero-order valence-electron chi connectivity index (χ0n) is 13.7. The first-order valence-electron chi connectivity index (χ1n) is 7.96. The summed E-state index contributed by atoms with van der Waals surface area (Å²) < 4.78 is 15.7. The number of fused-ring (bicyclic) bond motifs is 1. The molecule has 0 spiro atoms. The molecule has 0 unspecified atom stereocenters. The van der Waals surface area contributed by atoms with E-state index in [1.54, 1.807) is 16.8 Å². The van der Waals surface area contributed by atoms with Crippen LogP contribution in [0.15, 0.2) is 30.5 Å². The van der Waals surface area contributed by atoms with Gasteiger partial charge < -0.3 is 14.6 Å². The van der Waals surface area contributed by atoms with E-state index in [1.807, 2.05) is 0 Å². The van der Waals surface area contributed by atoms with Gasteiger partial charge in [0.2, 0.25) is 0 Å². The number of aromatic hydroxyl groups is 1. The third-order valence-corrected chi connectivity index (χ3v) is 4.97. The van der Waals surface area contributed by atoms with Crippen LogP contribution in [0, 0.1) is 5.82 Å². The summed E-state index contributed by atoms with van der Waals surface area (Å²) in [5, 5.41) is 17.7. The van der Waals surface area contributed by atoms with Gasteiger partial charge in [-0.3, -0.25) is 4.79 Å². The minimum Gasteiger partial charge on any atom is -0.506 e. The molecule has 0 saturated heterocycles. The van der Waals surface area contributed by atoms with Crippen LogP contribution in [0.5, 0.6) is 5.75 Å². The molecule has 0 aliphatic carbocycles. The van der Waals surface area contributed by atoms with Gasteiger partial charge in [-0.05, 0) is 24.3 Å². The topological polar surface area (TPSA) is 84.1 Å². The largest absolute Gasteiger partial charge is 0.506 e. The van der Waals surface area contributed by atoms with E-state index in [4.69, 9.17) is 23.2 Å². The van der Waals surface area contributed by atoms with Gasteiger partial charge in [0.05, 0.1) is 22.2 Å². The monoisotopic (exact) mass is 407 g/mol. The van der Waals surface area contributed by atoms with E-state index >= 15 is 0 Å². The van der Waals surface area contributed by atoms with E-state index in [9.17, 15) is 14.3 Å². The second kappa shape index (κ2) is 6.79. The molecule has 7 nitrogen and oxygen atoms in total.